The molecule has 5 rings (SSSR count). The molecule has 0 bridgehead atoms. The van der Waals surface area contributed by atoms with E-state index < -0.39 is 17.4 Å². The Kier molecular flexibility index (Phi) is 6.87. The van der Waals surface area contributed by atoms with Crippen LogP contribution < -0.4 is 31.1 Å². The van der Waals surface area contributed by atoms with Gasteiger partial charge in [-0.25, -0.2) is 14.2 Å². The van der Waals surface area contributed by atoms with Crippen molar-refractivity contribution in [1.29, 1.82) is 0 Å². The summed E-state index contributed by atoms with van der Waals surface area (Å²) in [6, 6.07) is 6.09. The molecule has 0 atom stereocenters. The highest BCUT2D eigenvalue weighted by molar-refractivity contribution is 5.83. The van der Waals surface area contributed by atoms with Gasteiger partial charge in [0.05, 0.1) is 42.4 Å². The SMILES string of the molecule is COc1cc(Cc2cnc(N)nc2N)cc(C#Cc2cc3c(cc2F)c(=O)c(OC(=O)O)cn3C2CC2)c1OC. The van der Waals surface area contributed by atoms with Gasteiger partial charge in [0, 0.05) is 24.2 Å². The fraction of sp³-hybridized carbons (Fsp3) is 0.214. The van der Waals surface area contributed by atoms with Crippen molar-refractivity contribution in [3.05, 3.63) is 75.0 Å². The summed E-state index contributed by atoms with van der Waals surface area (Å²) >= 11 is 0. The Bertz CT molecular complexity index is 1790. The van der Waals surface area contributed by atoms with E-state index in [2.05, 4.69) is 26.5 Å². The molecule has 12 heteroatoms. The van der Waals surface area contributed by atoms with E-state index in [0.29, 0.717) is 34.6 Å². The maximum Gasteiger partial charge on any atom is 0.511 e. The first kappa shape index (κ1) is 26.3. The number of nitrogens with two attached hydrogens (primary N) is 2. The molecule has 2 aromatic carbocycles. The third-order valence-corrected chi connectivity index (χ3v) is 6.41. The summed E-state index contributed by atoms with van der Waals surface area (Å²) < 4.78 is 32.6. The quantitative estimate of drug-likeness (QED) is 0.241. The molecule has 1 aliphatic carbocycles. The number of halogens is 1. The lowest BCUT2D eigenvalue weighted by atomic mass is 10.0. The second kappa shape index (κ2) is 10.5. The molecular formula is C28H24FN5O6. The van der Waals surface area contributed by atoms with Crippen LogP contribution in [0.25, 0.3) is 10.9 Å². The van der Waals surface area contributed by atoms with Crippen molar-refractivity contribution in [3.8, 4) is 29.1 Å². The van der Waals surface area contributed by atoms with E-state index in [-0.39, 0.29) is 34.5 Å². The summed E-state index contributed by atoms with van der Waals surface area (Å²) in [6.07, 6.45) is 3.26. The number of hydrogen-bond acceptors (Lipinski definition) is 9. The molecule has 0 saturated heterocycles. The van der Waals surface area contributed by atoms with Crippen LogP contribution in [-0.2, 0) is 6.42 Å². The Morgan fingerprint density at radius 1 is 1.12 bits per heavy atom. The monoisotopic (exact) mass is 545 g/mol. The summed E-state index contributed by atoms with van der Waals surface area (Å²) in [5, 5.41) is 8.99. The molecule has 1 aliphatic rings. The second-order valence-electron chi connectivity index (χ2n) is 9.12. The fourth-order valence-electron chi connectivity index (χ4n) is 4.40. The predicted molar refractivity (Wildman–Crippen MR) is 144 cm³/mol. The van der Waals surface area contributed by atoms with E-state index in [0.717, 1.165) is 24.5 Å². The van der Waals surface area contributed by atoms with Gasteiger partial charge in [-0.3, -0.25) is 4.79 Å². The first-order valence-electron chi connectivity index (χ1n) is 12.1. The van der Waals surface area contributed by atoms with Crippen molar-refractivity contribution >= 4 is 28.8 Å². The van der Waals surface area contributed by atoms with Gasteiger partial charge >= 0.3 is 6.16 Å². The molecule has 2 heterocycles. The van der Waals surface area contributed by atoms with Gasteiger partial charge in [-0.1, -0.05) is 11.8 Å². The van der Waals surface area contributed by atoms with Crippen LogP contribution in [0, 0.1) is 17.7 Å². The highest BCUT2D eigenvalue weighted by Crippen LogP contribution is 2.38. The summed E-state index contributed by atoms with van der Waals surface area (Å²) in [6.45, 7) is 0. The normalized spacial score (nSPS) is 12.5. The van der Waals surface area contributed by atoms with E-state index in [9.17, 15) is 9.59 Å². The lowest BCUT2D eigenvalue weighted by Crippen LogP contribution is -2.16. The van der Waals surface area contributed by atoms with Gasteiger partial charge in [-0.05, 0) is 42.7 Å². The molecule has 0 radical (unpaired) electrons. The number of nitrogen functional groups attached to an aromatic ring is 2. The number of carboxylic acid groups (broad SMARTS) is 1. The van der Waals surface area contributed by atoms with Gasteiger partial charge in [-0.2, -0.15) is 4.98 Å². The third kappa shape index (κ3) is 5.17. The molecule has 1 saturated carbocycles. The molecule has 0 unspecified atom stereocenters. The van der Waals surface area contributed by atoms with Crippen LogP contribution in [-0.4, -0.2) is 40.0 Å². The van der Waals surface area contributed by atoms with Crippen molar-refractivity contribution in [1.82, 2.24) is 14.5 Å². The number of pyridine rings is 1. The summed E-state index contributed by atoms with van der Waals surface area (Å²) in [5.74, 6) is 5.74. The fourth-order valence-corrected chi connectivity index (χ4v) is 4.40. The summed E-state index contributed by atoms with van der Waals surface area (Å²) in [5.41, 5.74) is 13.2. The maximum atomic E-state index is 15.2. The van der Waals surface area contributed by atoms with Crippen LogP contribution >= 0.6 is 0 Å². The zero-order valence-electron chi connectivity index (χ0n) is 21.5. The molecule has 4 aromatic rings. The van der Waals surface area contributed by atoms with Crippen LogP contribution in [0.4, 0.5) is 21.0 Å². The molecule has 1 fully saturated rings. The molecular weight excluding hydrogens is 521 g/mol. The number of nitrogens with zero attached hydrogens (tertiary/aromatic N) is 3. The van der Waals surface area contributed by atoms with Crippen molar-refractivity contribution in [3.63, 3.8) is 0 Å². The van der Waals surface area contributed by atoms with E-state index in [4.69, 9.17) is 26.0 Å². The number of benzene rings is 2. The van der Waals surface area contributed by atoms with Crippen LogP contribution in [0.1, 0.15) is 41.1 Å². The van der Waals surface area contributed by atoms with E-state index in [1.165, 1.54) is 32.7 Å². The number of carbonyl (C=O) groups is 1. The van der Waals surface area contributed by atoms with Crippen LogP contribution in [0.3, 0.4) is 0 Å². The Labute approximate surface area is 227 Å². The second-order valence-corrected chi connectivity index (χ2v) is 9.12. The Morgan fingerprint density at radius 3 is 2.52 bits per heavy atom. The van der Waals surface area contributed by atoms with Crippen molar-refractivity contribution in [2.24, 2.45) is 0 Å². The lowest BCUT2D eigenvalue weighted by molar-refractivity contribution is 0.143. The Hall–Kier alpha value is -5.31. The van der Waals surface area contributed by atoms with Crippen molar-refractivity contribution in [2.45, 2.75) is 25.3 Å². The minimum absolute atomic E-state index is 0.00162. The minimum Gasteiger partial charge on any atom is -0.493 e. The Balaban J connectivity index is 1.60. The number of rotatable bonds is 6. The average molecular weight is 546 g/mol. The average Bonchev–Trinajstić information content (AvgIpc) is 3.76. The molecule has 0 amide bonds. The molecule has 2 aromatic heterocycles. The molecule has 5 N–H and O–H groups in total. The van der Waals surface area contributed by atoms with Gasteiger partial charge in [0.1, 0.15) is 11.6 Å². The standard InChI is InChI=1S/C28H24FN5O6/c1-38-22-9-14(8-17-12-32-27(31)33-26(17)30)7-16(25(22)39-2)4-3-15-10-21-19(11-20(15)29)24(35)23(40-28(36)37)13-34(21)18-5-6-18/h7,9-13,18H,5-6,8H2,1-2H3,(H,36,37)(H4,30,31,32,33). The van der Waals surface area contributed by atoms with Crippen LogP contribution in [0.5, 0.6) is 17.2 Å². The first-order valence-corrected chi connectivity index (χ1v) is 12.1. The molecule has 40 heavy (non-hydrogen) atoms. The first-order chi connectivity index (χ1) is 19.2. The maximum absolute atomic E-state index is 15.2. The number of ether oxygens (including phenoxy) is 3. The minimum atomic E-state index is -1.63. The van der Waals surface area contributed by atoms with E-state index >= 15 is 4.39 Å². The smallest absolute Gasteiger partial charge is 0.493 e. The van der Waals surface area contributed by atoms with Crippen molar-refractivity contribution in [2.75, 3.05) is 25.7 Å². The molecule has 0 spiro atoms. The van der Waals surface area contributed by atoms with E-state index in [1.807, 2.05) is 0 Å². The number of methoxy groups -OCH3 is 2. The van der Waals surface area contributed by atoms with Gasteiger partial charge < -0.3 is 35.4 Å². The predicted octanol–water partition coefficient (Wildman–Crippen LogP) is 3.49. The van der Waals surface area contributed by atoms with Crippen molar-refractivity contribution < 1.29 is 28.5 Å². The molecule has 204 valence electrons. The van der Waals surface area contributed by atoms with E-state index in [1.54, 1.807) is 16.7 Å². The molecule has 11 nitrogen and oxygen atoms in total. The number of anilines is 2. The summed E-state index contributed by atoms with van der Waals surface area (Å²) in [4.78, 5) is 31.9. The lowest BCUT2D eigenvalue weighted by Gasteiger charge is -2.13. The van der Waals surface area contributed by atoms with Gasteiger partial charge in [0.25, 0.3) is 0 Å². The zero-order chi connectivity index (χ0) is 28.6. The van der Waals surface area contributed by atoms with Crippen LogP contribution in [0.2, 0.25) is 0 Å². The van der Waals surface area contributed by atoms with Gasteiger partial charge in [0.15, 0.2) is 17.2 Å². The zero-order valence-corrected chi connectivity index (χ0v) is 21.5. The summed E-state index contributed by atoms with van der Waals surface area (Å²) in [7, 11) is 2.96. The van der Waals surface area contributed by atoms with Gasteiger partial charge in [-0.15, -0.1) is 0 Å². The number of aromatic nitrogens is 3. The number of fused-ring (bicyclic) bond motifs is 1. The largest absolute Gasteiger partial charge is 0.511 e. The van der Waals surface area contributed by atoms with Gasteiger partial charge in [0.2, 0.25) is 11.4 Å². The Morgan fingerprint density at radius 2 is 1.88 bits per heavy atom. The highest BCUT2D eigenvalue weighted by Gasteiger charge is 2.27. The molecule has 0 aliphatic heterocycles. The highest BCUT2D eigenvalue weighted by atomic mass is 19.1. The van der Waals surface area contributed by atoms with Crippen LogP contribution in [0.15, 0.2) is 41.5 Å². The number of hydrogen-bond donors (Lipinski definition) is 3. The third-order valence-electron chi connectivity index (χ3n) is 6.41. The topological polar surface area (TPSA) is 165 Å².